The van der Waals surface area contributed by atoms with Crippen molar-refractivity contribution in [2.75, 3.05) is 5.32 Å². The molecule has 114 valence electrons. The van der Waals surface area contributed by atoms with Gasteiger partial charge in [-0.1, -0.05) is 0 Å². The van der Waals surface area contributed by atoms with Crippen LogP contribution in [-0.2, 0) is 4.79 Å². The van der Waals surface area contributed by atoms with Crippen LogP contribution < -0.4 is 10.1 Å². The molecule has 0 aliphatic rings. The van der Waals surface area contributed by atoms with E-state index in [1.54, 1.807) is 31.2 Å². The zero-order chi connectivity index (χ0) is 16.1. The quantitative estimate of drug-likeness (QED) is 0.602. The van der Waals surface area contributed by atoms with Crippen LogP contribution >= 0.6 is 22.6 Å². The lowest BCUT2D eigenvalue weighted by molar-refractivity contribution is -0.122. The van der Waals surface area contributed by atoms with Crippen molar-refractivity contribution in [3.63, 3.8) is 0 Å². The summed E-state index contributed by atoms with van der Waals surface area (Å²) in [7, 11) is 0. The molecule has 0 heterocycles. The molecule has 0 fully saturated rings. The van der Waals surface area contributed by atoms with Crippen LogP contribution in [0.4, 0.5) is 5.69 Å². The first-order valence-electron chi connectivity index (χ1n) is 6.80. The topological polar surface area (TPSA) is 55.4 Å². The molecule has 22 heavy (non-hydrogen) atoms. The summed E-state index contributed by atoms with van der Waals surface area (Å²) in [5.41, 5.74) is 1.34. The number of carbonyl (C=O) groups excluding carboxylic acids is 2. The molecule has 0 aromatic heterocycles. The molecule has 0 spiro atoms. The van der Waals surface area contributed by atoms with Crippen molar-refractivity contribution in [1.29, 1.82) is 0 Å². The second kappa shape index (κ2) is 7.40. The highest BCUT2D eigenvalue weighted by atomic mass is 127. The van der Waals surface area contributed by atoms with Crippen LogP contribution in [0.15, 0.2) is 48.5 Å². The van der Waals surface area contributed by atoms with Crippen LogP contribution in [-0.4, -0.2) is 17.8 Å². The Morgan fingerprint density at radius 2 is 1.64 bits per heavy atom. The minimum atomic E-state index is -0.637. The minimum Gasteiger partial charge on any atom is -0.481 e. The normalized spacial score (nSPS) is 11.6. The van der Waals surface area contributed by atoms with E-state index in [1.165, 1.54) is 6.92 Å². The maximum absolute atomic E-state index is 12.1. The molecule has 0 radical (unpaired) electrons. The molecule has 1 unspecified atom stereocenters. The first kappa shape index (κ1) is 16.5. The number of carbonyl (C=O) groups is 2. The van der Waals surface area contributed by atoms with E-state index in [4.69, 9.17) is 4.74 Å². The van der Waals surface area contributed by atoms with Gasteiger partial charge in [0.25, 0.3) is 5.91 Å². The number of benzene rings is 2. The second-order valence-electron chi connectivity index (χ2n) is 4.84. The van der Waals surface area contributed by atoms with Crippen LogP contribution in [0.3, 0.4) is 0 Å². The lowest BCUT2D eigenvalue weighted by Crippen LogP contribution is -2.30. The highest BCUT2D eigenvalue weighted by Gasteiger charge is 2.15. The zero-order valence-corrected chi connectivity index (χ0v) is 14.5. The molecule has 2 aromatic carbocycles. The third-order valence-corrected chi connectivity index (χ3v) is 3.77. The Hall–Kier alpha value is -1.89. The number of hydrogen-bond donors (Lipinski definition) is 1. The summed E-state index contributed by atoms with van der Waals surface area (Å²) < 4.78 is 6.68. The van der Waals surface area contributed by atoms with Gasteiger partial charge in [0.05, 0.1) is 0 Å². The largest absolute Gasteiger partial charge is 0.481 e. The molecule has 5 heteroatoms. The molecule has 0 aliphatic carbocycles. The van der Waals surface area contributed by atoms with Gasteiger partial charge < -0.3 is 10.1 Å². The van der Waals surface area contributed by atoms with Crippen molar-refractivity contribution in [2.24, 2.45) is 0 Å². The van der Waals surface area contributed by atoms with Crippen molar-refractivity contribution >= 4 is 40.0 Å². The van der Waals surface area contributed by atoms with Gasteiger partial charge in [0.1, 0.15) is 5.75 Å². The van der Waals surface area contributed by atoms with E-state index in [2.05, 4.69) is 27.9 Å². The van der Waals surface area contributed by atoms with Crippen molar-refractivity contribution in [1.82, 2.24) is 0 Å². The monoisotopic (exact) mass is 409 g/mol. The summed E-state index contributed by atoms with van der Waals surface area (Å²) in [4.78, 5) is 23.3. The van der Waals surface area contributed by atoms with Gasteiger partial charge in [-0.15, -0.1) is 0 Å². The van der Waals surface area contributed by atoms with Crippen LogP contribution in [0.2, 0.25) is 0 Å². The zero-order valence-electron chi connectivity index (χ0n) is 12.3. The predicted molar refractivity (Wildman–Crippen MR) is 94.3 cm³/mol. The van der Waals surface area contributed by atoms with E-state index in [0.717, 1.165) is 9.26 Å². The van der Waals surface area contributed by atoms with E-state index in [0.29, 0.717) is 11.3 Å². The highest BCUT2D eigenvalue weighted by molar-refractivity contribution is 14.1. The van der Waals surface area contributed by atoms with Crippen LogP contribution in [0.1, 0.15) is 24.2 Å². The Morgan fingerprint density at radius 3 is 2.18 bits per heavy atom. The van der Waals surface area contributed by atoms with Gasteiger partial charge in [0.2, 0.25) is 0 Å². The molecule has 0 bridgehead atoms. The van der Waals surface area contributed by atoms with Crippen LogP contribution in [0.5, 0.6) is 5.75 Å². The molecule has 4 nitrogen and oxygen atoms in total. The first-order valence-corrected chi connectivity index (χ1v) is 7.87. The van der Waals surface area contributed by atoms with Gasteiger partial charge in [-0.25, -0.2) is 0 Å². The van der Waals surface area contributed by atoms with Gasteiger partial charge in [-0.05, 0) is 85.0 Å². The third-order valence-electron chi connectivity index (χ3n) is 3.05. The number of anilines is 1. The fraction of sp³-hybridized carbons (Fsp3) is 0.176. The fourth-order valence-electron chi connectivity index (χ4n) is 1.80. The fourth-order valence-corrected chi connectivity index (χ4v) is 2.16. The van der Waals surface area contributed by atoms with E-state index in [9.17, 15) is 9.59 Å². The molecular weight excluding hydrogens is 393 g/mol. The Balaban J connectivity index is 1.95. The Bertz CT molecular complexity index is 665. The molecule has 0 aliphatic heterocycles. The minimum absolute atomic E-state index is 0.00366. The maximum atomic E-state index is 12.1. The Morgan fingerprint density at radius 1 is 1.05 bits per heavy atom. The second-order valence-corrected chi connectivity index (χ2v) is 6.08. The number of nitrogens with one attached hydrogen (secondary N) is 1. The number of rotatable bonds is 5. The predicted octanol–water partition coefficient (Wildman–Crippen LogP) is 3.90. The Kier molecular flexibility index (Phi) is 5.54. The molecule has 1 amide bonds. The maximum Gasteiger partial charge on any atom is 0.265 e. The summed E-state index contributed by atoms with van der Waals surface area (Å²) >= 11 is 2.20. The van der Waals surface area contributed by atoms with Gasteiger partial charge in [0, 0.05) is 14.8 Å². The molecule has 1 N–H and O–H groups in total. The number of ether oxygens (including phenoxy) is 1. The number of halogens is 1. The van der Waals surface area contributed by atoms with E-state index < -0.39 is 6.10 Å². The van der Waals surface area contributed by atoms with Gasteiger partial charge in [-0.2, -0.15) is 0 Å². The number of Topliss-reactive ketones (excluding diaryl/α,β-unsaturated/α-hetero) is 1. The summed E-state index contributed by atoms with van der Waals surface area (Å²) in [5, 5.41) is 2.80. The molecule has 2 rings (SSSR count). The summed E-state index contributed by atoms with van der Waals surface area (Å²) in [6.07, 6.45) is -0.637. The van der Waals surface area contributed by atoms with Crippen molar-refractivity contribution in [3.8, 4) is 5.75 Å². The average Bonchev–Trinajstić information content (AvgIpc) is 2.50. The van der Waals surface area contributed by atoms with Crippen LogP contribution in [0.25, 0.3) is 0 Å². The van der Waals surface area contributed by atoms with Gasteiger partial charge >= 0.3 is 0 Å². The van der Waals surface area contributed by atoms with E-state index >= 15 is 0 Å². The first-order chi connectivity index (χ1) is 10.5. The molecule has 0 saturated carbocycles. The number of ketones is 1. The standard InChI is InChI=1S/C17H16INO3/c1-11(20)13-3-9-16(10-4-13)22-12(2)17(21)19-15-7-5-14(18)6-8-15/h3-10,12H,1-2H3,(H,19,21). The average molecular weight is 409 g/mol. The lowest BCUT2D eigenvalue weighted by Gasteiger charge is -2.15. The number of amides is 1. The van der Waals surface area contributed by atoms with Gasteiger partial charge in [-0.3, -0.25) is 9.59 Å². The smallest absolute Gasteiger partial charge is 0.265 e. The summed E-state index contributed by atoms with van der Waals surface area (Å²) in [6, 6.07) is 14.3. The molecule has 0 saturated heterocycles. The van der Waals surface area contributed by atoms with Crippen molar-refractivity contribution in [2.45, 2.75) is 20.0 Å². The Labute approximate surface area is 143 Å². The number of hydrogen-bond acceptors (Lipinski definition) is 3. The van der Waals surface area contributed by atoms with Crippen molar-refractivity contribution in [3.05, 3.63) is 57.7 Å². The SMILES string of the molecule is CC(=O)c1ccc(OC(C)C(=O)Nc2ccc(I)cc2)cc1. The lowest BCUT2D eigenvalue weighted by atomic mass is 10.1. The molecule has 2 aromatic rings. The van der Waals surface area contributed by atoms with Crippen molar-refractivity contribution < 1.29 is 14.3 Å². The van der Waals surface area contributed by atoms with E-state index in [1.807, 2.05) is 24.3 Å². The third kappa shape index (κ3) is 4.56. The van der Waals surface area contributed by atoms with Gasteiger partial charge in [0.15, 0.2) is 11.9 Å². The van der Waals surface area contributed by atoms with E-state index in [-0.39, 0.29) is 11.7 Å². The highest BCUT2D eigenvalue weighted by Crippen LogP contribution is 2.16. The molecule has 1 atom stereocenters. The molecular formula is C17H16INO3. The summed E-state index contributed by atoms with van der Waals surface area (Å²) in [5.74, 6) is 0.322. The van der Waals surface area contributed by atoms with Crippen LogP contribution in [0, 0.1) is 3.57 Å². The summed E-state index contributed by atoms with van der Waals surface area (Å²) in [6.45, 7) is 3.19.